The molecule has 0 spiro atoms. The summed E-state index contributed by atoms with van der Waals surface area (Å²) < 4.78 is 12.8. The second-order valence-corrected chi connectivity index (χ2v) is 8.94. The summed E-state index contributed by atoms with van der Waals surface area (Å²) in [5.74, 6) is 1.60. The van der Waals surface area contributed by atoms with E-state index in [1.165, 1.54) is 0 Å². The second-order valence-electron chi connectivity index (χ2n) is 8.94. The van der Waals surface area contributed by atoms with Crippen LogP contribution in [0.15, 0.2) is 30.5 Å². The van der Waals surface area contributed by atoms with E-state index in [1.807, 2.05) is 33.8 Å². The lowest BCUT2D eigenvalue weighted by Crippen LogP contribution is -2.31. The van der Waals surface area contributed by atoms with Crippen LogP contribution >= 0.6 is 0 Å². The Hall–Kier alpha value is -3.09. The van der Waals surface area contributed by atoms with Crippen LogP contribution in [-0.2, 0) is 0 Å². The molecule has 0 bridgehead atoms. The Balaban J connectivity index is 1.77. The van der Waals surface area contributed by atoms with Crippen molar-refractivity contribution in [2.75, 3.05) is 20.8 Å². The summed E-state index contributed by atoms with van der Waals surface area (Å²) in [4.78, 5) is 20.7. The Kier molecular flexibility index (Phi) is 6.09. The van der Waals surface area contributed by atoms with Crippen molar-refractivity contribution in [1.29, 1.82) is 0 Å². The summed E-state index contributed by atoms with van der Waals surface area (Å²) in [6.07, 6.45) is 3.65. The van der Waals surface area contributed by atoms with Gasteiger partial charge in [-0.25, -0.2) is 9.67 Å². The third-order valence-corrected chi connectivity index (χ3v) is 6.20. The summed E-state index contributed by atoms with van der Waals surface area (Å²) in [5.41, 5.74) is 3.42. The quantitative estimate of drug-likeness (QED) is 0.536. The van der Waals surface area contributed by atoms with Crippen LogP contribution < -0.4 is 9.47 Å². The molecule has 170 valence electrons. The molecule has 3 heterocycles. The van der Waals surface area contributed by atoms with Crippen LogP contribution in [0.4, 0.5) is 0 Å². The lowest BCUT2D eigenvalue weighted by Gasteiger charge is -2.26. The summed E-state index contributed by atoms with van der Waals surface area (Å²) in [6, 6.07) is 8.02. The van der Waals surface area contributed by atoms with Gasteiger partial charge in [-0.2, -0.15) is 5.10 Å². The summed E-state index contributed by atoms with van der Waals surface area (Å²) in [5, 5.41) is 5.35. The molecule has 7 heteroatoms. The monoisotopic (exact) mass is 436 g/mol. The fraction of sp³-hybridized carbons (Fsp3) is 0.480. The van der Waals surface area contributed by atoms with E-state index in [-0.39, 0.29) is 23.9 Å². The minimum absolute atomic E-state index is 0.00633. The van der Waals surface area contributed by atoms with Gasteiger partial charge in [-0.3, -0.25) is 4.79 Å². The van der Waals surface area contributed by atoms with Crippen molar-refractivity contribution in [2.45, 2.75) is 58.5 Å². The molecule has 1 saturated heterocycles. The van der Waals surface area contributed by atoms with E-state index in [0.717, 1.165) is 41.7 Å². The fourth-order valence-electron chi connectivity index (χ4n) is 4.46. The van der Waals surface area contributed by atoms with Gasteiger partial charge in [0.05, 0.1) is 37.4 Å². The highest BCUT2D eigenvalue weighted by molar-refractivity contribution is 6.05. The van der Waals surface area contributed by atoms with Gasteiger partial charge in [0.2, 0.25) is 0 Å². The molecule has 32 heavy (non-hydrogen) atoms. The average molecular weight is 437 g/mol. The zero-order valence-electron chi connectivity index (χ0n) is 19.8. The molecule has 0 saturated carbocycles. The number of aromatic nitrogens is 3. The van der Waals surface area contributed by atoms with Gasteiger partial charge >= 0.3 is 0 Å². The maximum Gasteiger partial charge on any atom is 0.255 e. The van der Waals surface area contributed by atoms with Crippen molar-refractivity contribution < 1.29 is 14.3 Å². The SMILES string of the molecule is COc1ccc(C2CCCN2C(=O)c2cc(C(C)C)nc3c2cnn3C(C)C)cc1OC. The van der Waals surface area contributed by atoms with E-state index < -0.39 is 0 Å². The largest absolute Gasteiger partial charge is 0.493 e. The number of rotatable bonds is 6. The number of amides is 1. The van der Waals surface area contributed by atoms with E-state index in [9.17, 15) is 4.79 Å². The molecule has 0 N–H and O–H groups in total. The Morgan fingerprint density at radius 3 is 2.50 bits per heavy atom. The number of likely N-dealkylation sites (tertiary alicyclic amines) is 1. The highest BCUT2D eigenvalue weighted by Gasteiger charge is 2.33. The molecular formula is C25H32N4O3. The summed E-state index contributed by atoms with van der Waals surface area (Å²) in [7, 11) is 3.26. The predicted octanol–water partition coefficient (Wildman–Crippen LogP) is 5.13. The van der Waals surface area contributed by atoms with E-state index in [4.69, 9.17) is 14.5 Å². The van der Waals surface area contributed by atoms with Gasteiger partial charge in [-0.1, -0.05) is 19.9 Å². The van der Waals surface area contributed by atoms with Gasteiger partial charge < -0.3 is 14.4 Å². The van der Waals surface area contributed by atoms with Gasteiger partial charge in [0, 0.05) is 18.3 Å². The number of carbonyl (C=O) groups is 1. The van der Waals surface area contributed by atoms with Crippen LogP contribution in [0.1, 0.15) is 80.2 Å². The molecule has 0 radical (unpaired) electrons. The summed E-state index contributed by atoms with van der Waals surface area (Å²) >= 11 is 0. The Morgan fingerprint density at radius 1 is 1.09 bits per heavy atom. The van der Waals surface area contributed by atoms with Crippen LogP contribution in [0.25, 0.3) is 11.0 Å². The molecule has 1 atom stereocenters. The Bertz CT molecular complexity index is 1140. The number of methoxy groups -OCH3 is 2. The minimum Gasteiger partial charge on any atom is -0.493 e. The topological polar surface area (TPSA) is 69.5 Å². The smallest absolute Gasteiger partial charge is 0.255 e. The zero-order valence-corrected chi connectivity index (χ0v) is 19.8. The summed E-state index contributed by atoms with van der Waals surface area (Å²) in [6.45, 7) is 9.06. The Labute approximate surface area is 189 Å². The van der Waals surface area contributed by atoms with Gasteiger partial charge in [0.25, 0.3) is 5.91 Å². The molecule has 1 fully saturated rings. The number of hydrogen-bond donors (Lipinski definition) is 0. The van der Waals surface area contributed by atoms with Crippen molar-refractivity contribution in [3.05, 3.63) is 47.3 Å². The van der Waals surface area contributed by atoms with Crippen LogP contribution in [0, 0.1) is 0 Å². The van der Waals surface area contributed by atoms with Gasteiger partial charge in [0.1, 0.15) is 0 Å². The minimum atomic E-state index is -0.00633. The predicted molar refractivity (Wildman–Crippen MR) is 125 cm³/mol. The van der Waals surface area contributed by atoms with Gasteiger partial charge in [-0.15, -0.1) is 0 Å². The number of fused-ring (bicyclic) bond motifs is 1. The molecule has 0 aliphatic carbocycles. The maximum atomic E-state index is 13.9. The van der Waals surface area contributed by atoms with E-state index in [2.05, 4.69) is 32.8 Å². The second kappa shape index (κ2) is 8.81. The van der Waals surface area contributed by atoms with Crippen molar-refractivity contribution in [2.24, 2.45) is 0 Å². The molecule has 1 amide bonds. The van der Waals surface area contributed by atoms with Crippen LogP contribution in [0.3, 0.4) is 0 Å². The van der Waals surface area contributed by atoms with Crippen LogP contribution in [0.2, 0.25) is 0 Å². The highest BCUT2D eigenvalue weighted by atomic mass is 16.5. The number of pyridine rings is 1. The molecule has 3 aromatic rings. The first-order valence-electron chi connectivity index (χ1n) is 11.3. The average Bonchev–Trinajstić information content (AvgIpc) is 3.44. The molecule has 7 nitrogen and oxygen atoms in total. The van der Waals surface area contributed by atoms with E-state index >= 15 is 0 Å². The normalized spacial score (nSPS) is 16.4. The lowest BCUT2D eigenvalue weighted by atomic mass is 10.0. The first-order valence-corrected chi connectivity index (χ1v) is 11.3. The third kappa shape index (κ3) is 3.80. The first-order chi connectivity index (χ1) is 15.3. The molecule has 4 rings (SSSR count). The molecule has 2 aromatic heterocycles. The van der Waals surface area contributed by atoms with Gasteiger partial charge in [0.15, 0.2) is 17.1 Å². The number of benzene rings is 1. The zero-order chi connectivity index (χ0) is 23.0. The number of nitrogens with zero attached hydrogens (tertiary/aromatic N) is 4. The molecule has 1 aromatic carbocycles. The van der Waals surface area contributed by atoms with Crippen molar-refractivity contribution in [3.8, 4) is 11.5 Å². The van der Waals surface area contributed by atoms with Crippen molar-refractivity contribution >= 4 is 16.9 Å². The van der Waals surface area contributed by atoms with Crippen molar-refractivity contribution in [1.82, 2.24) is 19.7 Å². The highest BCUT2D eigenvalue weighted by Crippen LogP contribution is 2.38. The fourth-order valence-corrected chi connectivity index (χ4v) is 4.46. The third-order valence-electron chi connectivity index (χ3n) is 6.20. The standard InChI is InChI=1S/C25H32N4O3/c1-15(2)20-13-18(19-14-26-29(16(3)4)24(19)27-20)25(30)28-11-7-8-21(28)17-9-10-22(31-5)23(12-17)32-6/h9-10,12-16,21H,7-8,11H2,1-6H3. The molecule has 1 aliphatic heterocycles. The van der Waals surface area contributed by atoms with Gasteiger partial charge in [-0.05, 0) is 56.4 Å². The number of hydrogen-bond acceptors (Lipinski definition) is 5. The lowest BCUT2D eigenvalue weighted by molar-refractivity contribution is 0.0737. The molecular weight excluding hydrogens is 404 g/mol. The molecule has 1 aliphatic rings. The van der Waals surface area contributed by atoms with Crippen LogP contribution in [0.5, 0.6) is 11.5 Å². The maximum absolute atomic E-state index is 13.9. The number of carbonyl (C=O) groups excluding carboxylic acids is 1. The van der Waals surface area contributed by atoms with E-state index in [0.29, 0.717) is 17.1 Å². The number of ether oxygens (including phenoxy) is 2. The Morgan fingerprint density at radius 2 is 1.84 bits per heavy atom. The van der Waals surface area contributed by atoms with Crippen molar-refractivity contribution in [3.63, 3.8) is 0 Å². The first kappa shape index (κ1) is 22.1. The van der Waals surface area contributed by atoms with Crippen LogP contribution in [-0.4, -0.2) is 46.3 Å². The molecule has 1 unspecified atom stereocenters. The van der Waals surface area contributed by atoms with E-state index in [1.54, 1.807) is 20.4 Å².